The third-order valence-corrected chi connectivity index (χ3v) is 4.24. The van der Waals surface area contributed by atoms with Gasteiger partial charge in [0.2, 0.25) is 0 Å². The molecule has 0 bridgehead atoms. The van der Waals surface area contributed by atoms with Crippen molar-refractivity contribution in [3.63, 3.8) is 0 Å². The van der Waals surface area contributed by atoms with E-state index in [4.69, 9.17) is 4.74 Å². The number of ether oxygens (including phenoxy) is 1. The van der Waals surface area contributed by atoms with Crippen LogP contribution in [-0.2, 0) is 4.79 Å². The molecule has 1 unspecified atom stereocenters. The van der Waals surface area contributed by atoms with Crippen LogP contribution in [0.4, 0.5) is 5.82 Å². The Bertz CT molecular complexity index is 802. The van der Waals surface area contributed by atoms with Crippen LogP contribution in [0.15, 0.2) is 41.5 Å². The highest BCUT2D eigenvalue weighted by Crippen LogP contribution is 2.23. The molecule has 1 aromatic heterocycles. The molecule has 1 aromatic carbocycles. The predicted octanol–water partition coefficient (Wildman–Crippen LogP) is 1.54. The Hall–Kier alpha value is -2.83. The molecule has 1 atom stereocenters. The second-order valence-electron chi connectivity index (χ2n) is 5.72. The Morgan fingerprint density at radius 3 is 2.92 bits per heavy atom. The number of piperidine rings is 1. The summed E-state index contributed by atoms with van der Waals surface area (Å²) in [6.07, 6.45) is 4.48. The third-order valence-electron chi connectivity index (χ3n) is 4.24. The van der Waals surface area contributed by atoms with Crippen molar-refractivity contribution < 1.29 is 14.6 Å². The molecule has 1 aliphatic heterocycles. The summed E-state index contributed by atoms with van der Waals surface area (Å²) in [4.78, 5) is 30.1. The SMILES string of the molecule is COc1ccccc1-n1ccnc(N2CCCC(C(=O)O)C2)c1=O. The van der Waals surface area contributed by atoms with E-state index >= 15 is 0 Å². The Morgan fingerprint density at radius 1 is 1.38 bits per heavy atom. The monoisotopic (exact) mass is 329 g/mol. The van der Waals surface area contributed by atoms with Gasteiger partial charge in [-0.15, -0.1) is 0 Å². The topological polar surface area (TPSA) is 84.7 Å². The maximum absolute atomic E-state index is 12.9. The molecule has 1 fully saturated rings. The molecular formula is C17H19N3O4. The zero-order valence-corrected chi connectivity index (χ0v) is 13.4. The van der Waals surface area contributed by atoms with E-state index < -0.39 is 11.9 Å². The molecule has 0 spiro atoms. The van der Waals surface area contributed by atoms with Gasteiger partial charge in [-0.25, -0.2) is 4.98 Å². The molecular weight excluding hydrogens is 310 g/mol. The van der Waals surface area contributed by atoms with Crippen LogP contribution in [-0.4, -0.2) is 40.8 Å². The molecule has 24 heavy (non-hydrogen) atoms. The van der Waals surface area contributed by atoms with Crippen LogP contribution in [0, 0.1) is 5.92 Å². The van der Waals surface area contributed by atoms with Crippen LogP contribution in [0.2, 0.25) is 0 Å². The lowest BCUT2D eigenvalue weighted by molar-refractivity contribution is -0.141. The summed E-state index contributed by atoms with van der Waals surface area (Å²) in [5.74, 6) is -0.450. The minimum atomic E-state index is -0.833. The van der Waals surface area contributed by atoms with Gasteiger partial charge in [-0.3, -0.25) is 14.2 Å². The van der Waals surface area contributed by atoms with Gasteiger partial charge in [0, 0.05) is 25.5 Å². The van der Waals surface area contributed by atoms with Gasteiger partial charge in [-0.1, -0.05) is 12.1 Å². The summed E-state index contributed by atoms with van der Waals surface area (Å²) >= 11 is 0. The summed E-state index contributed by atoms with van der Waals surface area (Å²) in [6, 6.07) is 7.23. The van der Waals surface area contributed by atoms with Gasteiger partial charge in [0.05, 0.1) is 18.7 Å². The van der Waals surface area contributed by atoms with Gasteiger partial charge < -0.3 is 14.7 Å². The fourth-order valence-corrected chi connectivity index (χ4v) is 3.01. The van der Waals surface area contributed by atoms with Gasteiger partial charge in [0.1, 0.15) is 5.75 Å². The first kappa shape index (κ1) is 16.0. The molecule has 0 saturated carbocycles. The van der Waals surface area contributed by atoms with Crippen LogP contribution < -0.4 is 15.2 Å². The van der Waals surface area contributed by atoms with Crippen molar-refractivity contribution in [2.75, 3.05) is 25.1 Å². The standard InChI is InChI=1S/C17H19N3O4/c1-24-14-7-3-2-6-13(14)20-10-8-18-15(16(20)21)19-9-4-5-12(11-19)17(22)23/h2-3,6-8,10,12H,4-5,9,11H2,1H3,(H,22,23). The lowest BCUT2D eigenvalue weighted by atomic mass is 9.98. The highest BCUT2D eigenvalue weighted by Gasteiger charge is 2.27. The number of methoxy groups -OCH3 is 1. The van der Waals surface area contributed by atoms with E-state index in [0.29, 0.717) is 30.9 Å². The average molecular weight is 329 g/mol. The largest absolute Gasteiger partial charge is 0.495 e. The number of rotatable bonds is 4. The van der Waals surface area contributed by atoms with E-state index in [2.05, 4.69) is 4.98 Å². The Kier molecular flexibility index (Phi) is 4.50. The van der Waals surface area contributed by atoms with E-state index in [9.17, 15) is 14.7 Å². The number of aromatic nitrogens is 2. The normalized spacial score (nSPS) is 17.5. The van der Waals surface area contributed by atoms with E-state index in [1.165, 1.54) is 4.57 Å². The quantitative estimate of drug-likeness (QED) is 0.916. The lowest BCUT2D eigenvalue weighted by Crippen LogP contribution is -2.42. The Labute approximate surface area is 139 Å². The minimum absolute atomic E-state index is 0.273. The maximum Gasteiger partial charge on any atom is 0.308 e. The molecule has 0 radical (unpaired) electrons. The average Bonchev–Trinajstić information content (AvgIpc) is 2.62. The number of benzene rings is 1. The fraction of sp³-hybridized carbons (Fsp3) is 0.353. The molecule has 1 saturated heterocycles. The van der Waals surface area contributed by atoms with Gasteiger partial charge in [-0.05, 0) is 25.0 Å². The second-order valence-corrected chi connectivity index (χ2v) is 5.72. The number of carboxylic acid groups (broad SMARTS) is 1. The van der Waals surface area contributed by atoms with E-state index in [1.54, 1.807) is 36.5 Å². The van der Waals surface area contributed by atoms with Crippen molar-refractivity contribution in [3.8, 4) is 11.4 Å². The molecule has 0 amide bonds. The summed E-state index contributed by atoms with van der Waals surface area (Å²) in [5.41, 5.74) is 0.341. The van der Waals surface area contributed by atoms with Crippen molar-refractivity contribution in [2.24, 2.45) is 5.92 Å². The van der Waals surface area contributed by atoms with Gasteiger partial charge >= 0.3 is 5.97 Å². The first-order valence-corrected chi connectivity index (χ1v) is 7.80. The number of nitrogens with zero attached hydrogens (tertiary/aromatic N) is 3. The van der Waals surface area contributed by atoms with E-state index in [0.717, 1.165) is 6.42 Å². The lowest BCUT2D eigenvalue weighted by Gasteiger charge is -2.31. The molecule has 2 heterocycles. The van der Waals surface area contributed by atoms with Crippen molar-refractivity contribution in [2.45, 2.75) is 12.8 Å². The van der Waals surface area contributed by atoms with Crippen molar-refractivity contribution >= 4 is 11.8 Å². The number of para-hydroxylation sites is 2. The van der Waals surface area contributed by atoms with Crippen molar-refractivity contribution in [1.82, 2.24) is 9.55 Å². The molecule has 2 aromatic rings. The molecule has 1 N–H and O–H groups in total. The number of hydrogen-bond donors (Lipinski definition) is 1. The first-order chi connectivity index (χ1) is 11.6. The number of carbonyl (C=O) groups is 1. The molecule has 7 nitrogen and oxygen atoms in total. The van der Waals surface area contributed by atoms with Crippen LogP contribution in [0.3, 0.4) is 0 Å². The number of anilines is 1. The van der Waals surface area contributed by atoms with Crippen molar-refractivity contribution in [3.05, 3.63) is 47.0 Å². The van der Waals surface area contributed by atoms with Gasteiger partial charge in [-0.2, -0.15) is 0 Å². The highest BCUT2D eigenvalue weighted by atomic mass is 16.5. The first-order valence-electron chi connectivity index (χ1n) is 7.80. The highest BCUT2D eigenvalue weighted by molar-refractivity contribution is 5.71. The van der Waals surface area contributed by atoms with Crippen LogP contribution >= 0.6 is 0 Å². The zero-order valence-electron chi connectivity index (χ0n) is 13.4. The van der Waals surface area contributed by atoms with Crippen molar-refractivity contribution in [1.29, 1.82) is 0 Å². The van der Waals surface area contributed by atoms with Crippen LogP contribution in [0.5, 0.6) is 5.75 Å². The zero-order chi connectivity index (χ0) is 17.1. The maximum atomic E-state index is 12.9. The summed E-state index contributed by atoms with van der Waals surface area (Å²) < 4.78 is 6.79. The minimum Gasteiger partial charge on any atom is -0.495 e. The molecule has 126 valence electrons. The number of hydrogen-bond acceptors (Lipinski definition) is 5. The summed E-state index contributed by atoms with van der Waals surface area (Å²) in [7, 11) is 1.55. The molecule has 0 aliphatic carbocycles. The van der Waals surface area contributed by atoms with Gasteiger partial charge in [0.15, 0.2) is 5.82 Å². The number of carboxylic acids is 1. The molecule has 3 rings (SSSR count). The second kappa shape index (κ2) is 6.74. The van der Waals surface area contributed by atoms with Gasteiger partial charge in [0.25, 0.3) is 5.56 Å². The van der Waals surface area contributed by atoms with E-state index in [-0.39, 0.29) is 11.4 Å². The van der Waals surface area contributed by atoms with Crippen LogP contribution in [0.1, 0.15) is 12.8 Å². The summed E-state index contributed by atoms with van der Waals surface area (Å²) in [6.45, 7) is 0.926. The Morgan fingerprint density at radius 2 is 2.17 bits per heavy atom. The summed E-state index contributed by atoms with van der Waals surface area (Å²) in [5, 5.41) is 9.23. The predicted molar refractivity (Wildman–Crippen MR) is 89.0 cm³/mol. The number of aliphatic carboxylic acids is 1. The molecule has 7 heteroatoms. The third kappa shape index (κ3) is 2.97. The van der Waals surface area contributed by atoms with Crippen LogP contribution in [0.25, 0.3) is 5.69 Å². The Balaban J connectivity index is 2.00. The van der Waals surface area contributed by atoms with E-state index in [1.807, 2.05) is 12.1 Å². The molecule has 1 aliphatic rings. The smallest absolute Gasteiger partial charge is 0.308 e. The fourth-order valence-electron chi connectivity index (χ4n) is 3.01.